The molecule has 0 radical (unpaired) electrons. The maximum atomic E-state index is 14.1. The SMILES string of the molecule is O=S(=O)(c1ccccc1)C(F)(F)CC(O)COc1ccccc1. The lowest BCUT2D eigenvalue weighted by molar-refractivity contribution is 0.00711. The first-order valence-corrected chi connectivity index (χ1v) is 8.35. The van der Waals surface area contributed by atoms with Crippen molar-refractivity contribution in [3.05, 3.63) is 60.7 Å². The lowest BCUT2D eigenvalue weighted by Gasteiger charge is -2.20. The molecule has 0 bridgehead atoms. The molecule has 23 heavy (non-hydrogen) atoms. The van der Waals surface area contributed by atoms with Crippen molar-refractivity contribution >= 4 is 9.84 Å². The zero-order valence-corrected chi connectivity index (χ0v) is 12.9. The second-order valence-corrected chi connectivity index (χ2v) is 7.01. The van der Waals surface area contributed by atoms with Crippen molar-refractivity contribution in [2.24, 2.45) is 0 Å². The number of halogens is 2. The summed E-state index contributed by atoms with van der Waals surface area (Å²) in [6.07, 6.45) is -2.86. The van der Waals surface area contributed by atoms with E-state index in [-0.39, 0.29) is 0 Å². The van der Waals surface area contributed by atoms with Crippen LogP contribution in [-0.4, -0.2) is 31.5 Å². The molecule has 0 aliphatic heterocycles. The molecule has 1 unspecified atom stereocenters. The fourth-order valence-electron chi connectivity index (χ4n) is 1.92. The van der Waals surface area contributed by atoms with Gasteiger partial charge in [0.05, 0.1) is 17.4 Å². The van der Waals surface area contributed by atoms with Crippen molar-refractivity contribution in [2.45, 2.75) is 22.7 Å². The Kier molecular flexibility index (Phi) is 5.33. The molecule has 124 valence electrons. The third-order valence-corrected chi connectivity index (χ3v) is 4.95. The predicted molar refractivity (Wildman–Crippen MR) is 81.1 cm³/mol. The first-order valence-electron chi connectivity index (χ1n) is 6.86. The highest BCUT2D eigenvalue weighted by Gasteiger charge is 2.47. The summed E-state index contributed by atoms with van der Waals surface area (Å²) in [5, 5.41) is 5.60. The molecule has 0 aliphatic rings. The Bertz CT molecular complexity index is 718. The summed E-state index contributed by atoms with van der Waals surface area (Å²) in [6.45, 7) is -0.427. The molecule has 1 N–H and O–H groups in total. The Morgan fingerprint density at radius 3 is 2.09 bits per heavy atom. The number of benzene rings is 2. The summed E-state index contributed by atoms with van der Waals surface area (Å²) in [5.74, 6) is 0.404. The van der Waals surface area contributed by atoms with Gasteiger partial charge in [-0.15, -0.1) is 0 Å². The maximum Gasteiger partial charge on any atom is 0.352 e. The monoisotopic (exact) mass is 342 g/mol. The molecule has 1 atom stereocenters. The highest BCUT2D eigenvalue weighted by atomic mass is 32.2. The van der Waals surface area contributed by atoms with E-state index >= 15 is 0 Å². The minimum atomic E-state index is -4.87. The summed E-state index contributed by atoms with van der Waals surface area (Å²) in [7, 11) is -4.87. The van der Waals surface area contributed by atoms with Crippen molar-refractivity contribution in [3.63, 3.8) is 0 Å². The number of alkyl halides is 2. The minimum Gasteiger partial charge on any atom is -0.491 e. The molecule has 0 heterocycles. The second-order valence-electron chi connectivity index (χ2n) is 4.94. The molecule has 0 saturated carbocycles. The topological polar surface area (TPSA) is 63.6 Å². The van der Waals surface area contributed by atoms with Crippen LogP contribution in [0.4, 0.5) is 8.78 Å². The van der Waals surface area contributed by atoms with Crippen molar-refractivity contribution in [3.8, 4) is 5.75 Å². The number of hydrogen-bond acceptors (Lipinski definition) is 4. The van der Waals surface area contributed by atoms with Crippen LogP contribution < -0.4 is 4.74 Å². The summed E-state index contributed by atoms with van der Waals surface area (Å²) in [6, 6.07) is 14.8. The quantitative estimate of drug-likeness (QED) is 0.840. The van der Waals surface area contributed by atoms with Gasteiger partial charge in [-0.25, -0.2) is 8.42 Å². The minimum absolute atomic E-state index is 0.404. The van der Waals surface area contributed by atoms with Gasteiger partial charge in [0.2, 0.25) is 9.84 Å². The van der Waals surface area contributed by atoms with E-state index in [2.05, 4.69) is 0 Å². The van der Waals surface area contributed by atoms with Crippen LogP contribution >= 0.6 is 0 Å². The van der Waals surface area contributed by atoms with Gasteiger partial charge in [0, 0.05) is 0 Å². The van der Waals surface area contributed by atoms with Crippen molar-refractivity contribution in [1.82, 2.24) is 0 Å². The zero-order valence-electron chi connectivity index (χ0n) is 12.1. The van der Waals surface area contributed by atoms with Crippen LogP contribution in [0, 0.1) is 0 Å². The summed E-state index contributed by atoms with van der Waals surface area (Å²) < 4.78 is 57.2. The Morgan fingerprint density at radius 1 is 1.00 bits per heavy atom. The molecule has 2 aromatic carbocycles. The van der Waals surface area contributed by atoms with Gasteiger partial charge < -0.3 is 9.84 Å². The van der Waals surface area contributed by atoms with Gasteiger partial charge in [-0.05, 0) is 24.3 Å². The standard InChI is InChI=1S/C16H16F2O4S/c17-16(18,23(20,21)15-9-5-2-6-10-15)11-13(19)12-22-14-7-3-1-4-8-14/h1-10,13,19H,11-12H2. The van der Waals surface area contributed by atoms with Crippen LogP contribution in [0.25, 0.3) is 0 Å². The lowest BCUT2D eigenvalue weighted by atomic mass is 10.3. The van der Waals surface area contributed by atoms with Crippen LogP contribution in [0.5, 0.6) is 5.75 Å². The van der Waals surface area contributed by atoms with Crippen LogP contribution in [-0.2, 0) is 9.84 Å². The summed E-state index contributed by atoms with van der Waals surface area (Å²) in [5.41, 5.74) is 0. The molecule has 0 aromatic heterocycles. The molecule has 0 amide bonds. The van der Waals surface area contributed by atoms with Gasteiger partial charge in [0.1, 0.15) is 12.4 Å². The Morgan fingerprint density at radius 2 is 1.52 bits per heavy atom. The third-order valence-electron chi connectivity index (χ3n) is 3.11. The molecule has 4 nitrogen and oxygen atoms in total. The first kappa shape index (κ1) is 17.4. The van der Waals surface area contributed by atoms with Gasteiger partial charge >= 0.3 is 5.25 Å². The number of para-hydroxylation sites is 1. The number of sulfone groups is 1. The van der Waals surface area contributed by atoms with Gasteiger partial charge in [-0.1, -0.05) is 36.4 Å². The average molecular weight is 342 g/mol. The fraction of sp³-hybridized carbons (Fsp3) is 0.250. The van der Waals surface area contributed by atoms with E-state index < -0.39 is 39.1 Å². The Labute approximate surface area is 133 Å². The van der Waals surface area contributed by atoms with Crippen LogP contribution in [0.15, 0.2) is 65.6 Å². The van der Waals surface area contributed by atoms with E-state index in [9.17, 15) is 22.3 Å². The summed E-state index contributed by atoms with van der Waals surface area (Å²) >= 11 is 0. The third kappa shape index (κ3) is 4.27. The molecular formula is C16H16F2O4S. The van der Waals surface area contributed by atoms with Crippen molar-refractivity contribution < 1.29 is 27.0 Å². The van der Waals surface area contributed by atoms with Gasteiger partial charge in [0.15, 0.2) is 0 Å². The smallest absolute Gasteiger partial charge is 0.352 e. The number of aliphatic hydroxyl groups is 1. The fourth-order valence-corrected chi connectivity index (χ4v) is 3.20. The maximum absolute atomic E-state index is 14.1. The Hall–Kier alpha value is -1.99. The highest BCUT2D eigenvalue weighted by molar-refractivity contribution is 7.92. The normalized spacial score (nSPS) is 13.5. The highest BCUT2D eigenvalue weighted by Crippen LogP contribution is 2.33. The molecule has 0 fully saturated rings. The van der Waals surface area contributed by atoms with Crippen molar-refractivity contribution in [1.29, 1.82) is 0 Å². The first-order chi connectivity index (χ1) is 10.8. The largest absolute Gasteiger partial charge is 0.491 e. The average Bonchev–Trinajstić information content (AvgIpc) is 2.54. The molecule has 0 saturated heterocycles. The molecule has 0 spiro atoms. The second kappa shape index (κ2) is 7.06. The van der Waals surface area contributed by atoms with Crippen LogP contribution in [0.3, 0.4) is 0 Å². The number of ether oxygens (including phenoxy) is 1. The van der Waals surface area contributed by atoms with E-state index in [0.29, 0.717) is 5.75 Å². The van der Waals surface area contributed by atoms with Crippen molar-refractivity contribution in [2.75, 3.05) is 6.61 Å². The Balaban J connectivity index is 2.02. The predicted octanol–water partition coefficient (Wildman–Crippen LogP) is 2.88. The molecule has 7 heteroatoms. The van der Waals surface area contributed by atoms with E-state index in [1.54, 1.807) is 30.3 Å². The molecule has 0 aliphatic carbocycles. The van der Waals surface area contributed by atoms with E-state index in [1.165, 1.54) is 18.2 Å². The van der Waals surface area contributed by atoms with Crippen LogP contribution in [0.1, 0.15) is 6.42 Å². The van der Waals surface area contributed by atoms with Gasteiger partial charge in [0.25, 0.3) is 0 Å². The zero-order chi connectivity index (χ0) is 16.9. The summed E-state index contributed by atoms with van der Waals surface area (Å²) in [4.78, 5) is -0.485. The molecular weight excluding hydrogens is 326 g/mol. The van der Waals surface area contributed by atoms with Gasteiger partial charge in [-0.2, -0.15) is 8.78 Å². The van der Waals surface area contributed by atoms with Crippen LogP contribution in [0.2, 0.25) is 0 Å². The van der Waals surface area contributed by atoms with Gasteiger partial charge in [-0.3, -0.25) is 0 Å². The number of rotatable bonds is 7. The number of hydrogen-bond donors (Lipinski definition) is 1. The van der Waals surface area contributed by atoms with E-state index in [4.69, 9.17) is 4.74 Å². The number of aliphatic hydroxyl groups excluding tert-OH is 1. The molecule has 2 rings (SSSR count). The van der Waals surface area contributed by atoms with E-state index in [1.807, 2.05) is 0 Å². The molecule has 2 aromatic rings. The van der Waals surface area contributed by atoms with E-state index in [0.717, 1.165) is 12.1 Å². The lowest BCUT2D eigenvalue weighted by Crippen LogP contribution is -2.35.